The van der Waals surface area contributed by atoms with E-state index in [1.165, 1.54) is 22.3 Å². The van der Waals surface area contributed by atoms with E-state index in [2.05, 4.69) is 234 Å². The molecule has 0 fully saturated rings. The van der Waals surface area contributed by atoms with Crippen LogP contribution in [0.2, 0.25) is 0 Å². The zero-order valence-electron chi connectivity index (χ0n) is 36.1. The van der Waals surface area contributed by atoms with Crippen LogP contribution in [-0.4, -0.2) is 9.55 Å². The Morgan fingerprint density at radius 2 is 1.25 bits per heavy atom. The fraction of sp³-hybridized carbons (Fsp3) is 0.200. The van der Waals surface area contributed by atoms with Crippen LogP contribution in [0, 0.1) is 18.8 Å². The molecule has 0 radical (unpaired) electrons. The summed E-state index contributed by atoms with van der Waals surface area (Å²) in [6.07, 6.45) is 6.09. The first kappa shape index (κ1) is 41.8. The average Bonchev–Trinajstić information content (AvgIpc) is 3.87. The van der Waals surface area contributed by atoms with E-state index in [1.54, 1.807) is 0 Å². The van der Waals surface area contributed by atoms with Gasteiger partial charge in [0.1, 0.15) is 5.82 Å². The van der Waals surface area contributed by atoms with Crippen LogP contribution in [-0.2, 0) is 37.3 Å². The molecule has 6 heteroatoms. The van der Waals surface area contributed by atoms with E-state index in [9.17, 15) is 0 Å². The number of hydrogen-bond donors (Lipinski definition) is 0. The third kappa shape index (κ3) is 8.17. The molecule has 1 aliphatic heterocycles. The number of para-hydroxylation sites is 1. The normalized spacial score (nSPS) is 13.2. The van der Waals surface area contributed by atoms with E-state index in [0.717, 1.165) is 50.1 Å². The molecule has 1 aliphatic rings. The molecule has 61 heavy (non-hydrogen) atoms. The summed E-state index contributed by atoms with van der Waals surface area (Å²) in [5, 5.41) is 2.32. The summed E-state index contributed by atoms with van der Waals surface area (Å²) in [4.78, 5) is 9.20. The number of benzene rings is 6. The van der Waals surface area contributed by atoms with Gasteiger partial charge in [0.25, 0.3) is 0 Å². The molecule has 0 bridgehead atoms. The number of rotatable bonds is 8. The largest absolute Gasteiger partial charge is 0.509 e. The van der Waals surface area contributed by atoms with Crippen LogP contribution < -0.4 is 14.5 Å². The number of pyridine rings is 1. The smallest absolute Gasteiger partial charge is 0.135 e. The molecule has 0 saturated carbocycles. The molecule has 6 aromatic carbocycles. The molecule has 0 unspecified atom stereocenters. The predicted octanol–water partition coefficient (Wildman–Crippen LogP) is 14.1. The second kappa shape index (κ2) is 16.2. The van der Waals surface area contributed by atoms with E-state index >= 15 is 0 Å². The summed E-state index contributed by atoms with van der Waals surface area (Å²) in [6.45, 7) is 20.2. The van der Waals surface area contributed by atoms with Gasteiger partial charge in [-0.3, -0.25) is 0 Å². The van der Waals surface area contributed by atoms with Gasteiger partial charge in [-0.05, 0) is 81.2 Å². The Labute approximate surface area is 375 Å². The van der Waals surface area contributed by atoms with Crippen molar-refractivity contribution in [3.8, 4) is 28.4 Å². The number of anilines is 2. The second-order valence-corrected chi connectivity index (χ2v) is 18.4. The fourth-order valence-corrected chi connectivity index (χ4v) is 8.24. The Morgan fingerprint density at radius 1 is 0.574 bits per heavy atom. The van der Waals surface area contributed by atoms with E-state index < -0.39 is 0 Å². The summed E-state index contributed by atoms with van der Waals surface area (Å²) in [5.41, 5.74) is 10.6. The molecule has 0 saturated heterocycles. The molecule has 0 amide bonds. The SMILES string of the molecule is CC(C)(C)c1ccnc(-n2c3[c-]c(Oc4[c-]c(N5C=CN(c6cccc(C(C)(C)c7ccccc7)c6)[CH-]5)cc(-c5ccccc5)c4)cc(C(C)(C)C)c3c3ccccc32)c1.[Pt]. The molecule has 0 N–H and O–H groups in total. The first-order valence-corrected chi connectivity index (χ1v) is 20.8. The van der Waals surface area contributed by atoms with Crippen LogP contribution in [0.25, 0.3) is 38.8 Å². The summed E-state index contributed by atoms with van der Waals surface area (Å²) in [5.74, 6) is 2.08. The van der Waals surface area contributed by atoms with Gasteiger partial charge in [-0.15, -0.1) is 53.8 Å². The van der Waals surface area contributed by atoms with E-state index in [1.807, 2.05) is 12.3 Å². The minimum Gasteiger partial charge on any atom is -0.509 e. The van der Waals surface area contributed by atoms with Crippen molar-refractivity contribution < 1.29 is 25.8 Å². The van der Waals surface area contributed by atoms with Gasteiger partial charge in [0.05, 0.1) is 0 Å². The molecular formula is C55H51N4OPt-3. The van der Waals surface area contributed by atoms with Crippen molar-refractivity contribution in [1.29, 1.82) is 0 Å². The second-order valence-electron chi connectivity index (χ2n) is 18.4. The molecule has 5 nitrogen and oxygen atoms in total. The molecule has 3 heterocycles. The van der Waals surface area contributed by atoms with Gasteiger partial charge in [-0.2, -0.15) is 0 Å². The van der Waals surface area contributed by atoms with Crippen molar-refractivity contribution >= 4 is 33.2 Å². The van der Waals surface area contributed by atoms with Gasteiger partial charge in [0.15, 0.2) is 0 Å². The van der Waals surface area contributed by atoms with Gasteiger partial charge in [-0.1, -0.05) is 157 Å². The van der Waals surface area contributed by atoms with Crippen LogP contribution in [0.3, 0.4) is 0 Å². The van der Waals surface area contributed by atoms with Crippen molar-refractivity contribution in [2.75, 3.05) is 9.80 Å². The van der Waals surface area contributed by atoms with Gasteiger partial charge < -0.3 is 19.1 Å². The Balaban J connectivity index is 0.00000514. The third-order valence-electron chi connectivity index (χ3n) is 11.7. The van der Waals surface area contributed by atoms with Gasteiger partial charge >= 0.3 is 0 Å². The summed E-state index contributed by atoms with van der Waals surface area (Å²) in [7, 11) is 0. The average molecular weight is 979 g/mol. The number of ether oxygens (including phenoxy) is 1. The standard InChI is InChI=1S/C55H51N4O.Pt/c1-53(2,3)41-26-27-56-51(33-41)59-49-25-16-15-24-47(49)52-48(54(4,5)6)35-46(36-50(52)59)60-45-31-39(38-18-11-9-12-19-38)30-44(34-45)58-29-28-57(37-58)43-23-17-22-42(32-43)55(7,8)40-20-13-10-14-21-40;/h9-33,35,37H,1-8H3;/q-3;. The molecule has 9 rings (SSSR count). The van der Waals surface area contributed by atoms with Crippen molar-refractivity contribution in [2.24, 2.45) is 0 Å². The molecule has 0 aliphatic carbocycles. The molecule has 8 aromatic rings. The van der Waals surface area contributed by atoms with E-state index in [0.29, 0.717) is 11.5 Å². The van der Waals surface area contributed by atoms with E-state index in [4.69, 9.17) is 9.72 Å². The third-order valence-corrected chi connectivity index (χ3v) is 11.7. The van der Waals surface area contributed by atoms with E-state index in [-0.39, 0.29) is 37.3 Å². The minimum atomic E-state index is -0.200. The number of fused-ring (bicyclic) bond motifs is 3. The summed E-state index contributed by atoms with van der Waals surface area (Å²) >= 11 is 0. The maximum absolute atomic E-state index is 6.93. The van der Waals surface area contributed by atoms with Crippen LogP contribution in [0.1, 0.15) is 77.6 Å². The summed E-state index contributed by atoms with van der Waals surface area (Å²) in [6, 6.07) is 56.6. The molecule has 310 valence electrons. The van der Waals surface area contributed by atoms with Crippen LogP contribution in [0.4, 0.5) is 11.4 Å². The quantitative estimate of drug-likeness (QED) is 0.142. The van der Waals surface area contributed by atoms with Gasteiger partial charge in [-0.25, -0.2) is 4.98 Å². The van der Waals surface area contributed by atoms with Gasteiger partial charge in [0, 0.05) is 55.4 Å². The summed E-state index contributed by atoms with van der Waals surface area (Å²) < 4.78 is 9.18. The Hall–Kier alpha value is -5.90. The number of aromatic nitrogens is 2. The first-order chi connectivity index (χ1) is 28.7. The molecule has 2 aromatic heterocycles. The fourth-order valence-electron chi connectivity index (χ4n) is 8.24. The van der Waals surface area contributed by atoms with Crippen LogP contribution >= 0.6 is 0 Å². The molecule has 0 atom stereocenters. The Bertz CT molecular complexity index is 2880. The monoisotopic (exact) mass is 978 g/mol. The Kier molecular flexibility index (Phi) is 11.1. The van der Waals surface area contributed by atoms with Crippen molar-refractivity contribution in [1.82, 2.24) is 9.55 Å². The zero-order chi connectivity index (χ0) is 41.8. The number of hydrogen-bond acceptors (Lipinski definition) is 4. The van der Waals surface area contributed by atoms with Crippen molar-refractivity contribution in [3.63, 3.8) is 0 Å². The van der Waals surface area contributed by atoms with Gasteiger partial charge in [0.2, 0.25) is 0 Å². The van der Waals surface area contributed by atoms with Crippen molar-refractivity contribution in [3.05, 3.63) is 199 Å². The maximum atomic E-state index is 6.93. The van der Waals surface area contributed by atoms with Crippen LogP contribution in [0.15, 0.2) is 158 Å². The maximum Gasteiger partial charge on any atom is 0.135 e. The number of nitrogens with zero attached hydrogens (tertiary/aromatic N) is 4. The van der Waals surface area contributed by atoms with Crippen molar-refractivity contribution in [2.45, 2.75) is 71.6 Å². The zero-order valence-corrected chi connectivity index (χ0v) is 38.4. The first-order valence-electron chi connectivity index (χ1n) is 20.8. The minimum absolute atomic E-state index is 0. The molecule has 0 spiro atoms. The van der Waals surface area contributed by atoms with Crippen LogP contribution in [0.5, 0.6) is 11.5 Å². The Morgan fingerprint density at radius 3 is 1.98 bits per heavy atom. The predicted molar refractivity (Wildman–Crippen MR) is 249 cm³/mol. The topological polar surface area (TPSA) is 33.5 Å². The molecular weight excluding hydrogens is 928 g/mol.